The van der Waals surface area contributed by atoms with E-state index in [2.05, 4.69) is 12.7 Å². The number of unbranched alkanes of at least 4 members (excludes halogenated alkanes) is 2. The lowest BCUT2D eigenvalue weighted by molar-refractivity contribution is -0.385. The average molecular weight is 1010 g/mol. The number of aliphatic hydroxyl groups is 3. The molecule has 0 spiro atoms. The molecule has 6 atom stereocenters. The van der Waals surface area contributed by atoms with Crippen LogP contribution in [0.3, 0.4) is 0 Å². The molecule has 1 saturated carbocycles. The standard InChI is InChI=1S/C54H62N4O13S/c1-3-30-68-54-50(56(26-31-67-32-29-61)51(62)25-14-37-10-15-40(16-11-37)57(63)64)35-48(55-69-36-38-12-17-41(18-13-38)58(65)66)46-33-39(8-4-6-27-59)45(9-5-7-28-60)52(53(46)54)47-34-43(21-24-49(47)71-54)70-42-19-22-44(72-2)23-20-42/h3,10-25,33-34,39,45,50,52-53,59-61H,1,4-9,26-32,35-36H2,2H3/t39-,45+,50-,52+,53+,54+/m0/s1. The molecule has 1 heterocycles. The number of amides is 1. The van der Waals surface area contributed by atoms with Crippen LogP contribution in [-0.4, -0.2) is 106 Å². The van der Waals surface area contributed by atoms with Crippen LogP contribution in [0.2, 0.25) is 0 Å². The number of carbonyl (C=O) groups excluding carboxylic acids is 1. The van der Waals surface area contributed by atoms with E-state index in [1.165, 1.54) is 30.3 Å². The molecule has 1 aliphatic heterocycles. The molecule has 2 aliphatic carbocycles. The quantitative estimate of drug-likeness (QED) is 0.0126. The Labute approximate surface area is 423 Å². The van der Waals surface area contributed by atoms with Gasteiger partial charge < -0.3 is 44.0 Å². The van der Waals surface area contributed by atoms with Crippen molar-refractivity contribution in [2.75, 3.05) is 52.4 Å². The highest BCUT2D eigenvalue weighted by Crippen LogP contribution is 2.62. The van der Waals surface area contributed by atoms with Gasteiger partial charge in [-0.05, 0) is 133 Å². The van der Waals surface area contributed by atoms with Crippen LogP contribution in [0, 0.1) is 38.0 Å². The van der Waals surface area contributed by atoms with Crippen LogP contribution in [0.4, 0.5) is 11.4 Å². The molecule has 4 aromatic rings. The minimum atomic E-state index is -1.61. The number of fused-ring (bicyclic) bond motifs is 2. The molecule has 3 N–H and O–H groups in total. The number of nitrogens with zero attached hydrogens (tertiary/aromatic N) is 4. The lowest BCUT2D eigenvalue weighted by atomic mass is 9.55. The first-order valence-corrected chi connectivity index (χ1v) is 25.4. The number of non-ortho nitro benzene ring substituents is 2. The summed E-state index contributed by atoms with van der Waals surface area (Å²) < 4.78 is 26.8. The summed E-state index contributed by atoms with van der Waals surface area (Å²) >= 11 is 1.63. The van der Waals surface area contributed by atoms with Crippen molar-refractivity contribution < 1.29 is 53.7 Å². The molecular weight excluding hydrogens is 945 g/mol. The van der Waals surface area contributed by atoms with Gasteiger partial charge in [0.05, 0.1) is 47.9 Å². The van der Waals surface area contributed by atoms with Crippen LogP contribution in [0.15, 0.2) is 131 Å². The Morgan fingerprint density at radius 3 is 2.22 bits per heavy atom. The van der Waals surface area contributed by atoms with E-state index in [4.69, 9.17) is 28.9 Å². The molecule has 1 fully saturated rings. The first kappa shape index (κ1) is 53.4. The number of rotatable bonds is 27. The van der Waals surface area contributed by atoms with Crippen molar-refractivity contribution in [2.24, 2.45) is 22.9 Å². The predicted octanol–water partition coefficient (Wildman–Crippen LogP) is 9.40. The fourth-order valence-corrected chi connectivity index (χ4v) is 10.5. The van der Waals surface area contributed by atoms with Gasteiger partial charge in [-0.15, -0.1) is 18.3 Å². The van der Waals surface area contributed by atoms with Gasteiger partial charge in [0.1, 0.15) is 29.9 Å². The zero-order valence-electron chi connectivity index (χ0n) is 40.3. The molecule has 0 saturated heterocycles. The Bertz CT molecular complexity index is 2570. The highest BCUT2D eigenvalue weighted by atomic mass is 32.2. The molecule has 72 heavy (non-hydrogen) atoms. The van der Waals surface area contributed by atoms with Crippen molar-refractivity contribution in [3.63, 3.8) is 0 Å². The maximum atomic E-state index is 15.0. The maximum absolute atomic E-state index is 15.0. The van der Waals surface area contributed by atoms with Crippen LogP contribution in [0.1, 0.15) is 67.6 Å². The SMILES string of the molecule is C=CCO[C@@]12Oc3ccc(Oc4ccc(SC)cc4)cc3[C@H]3[C@H](CCCCO)[C@@H](CCCCO)C=C(C(=NOCc4ccc([N+](=O)[O-])cc4)C[C@@H]1N(CCOCCO)C(=O)C=Cc1ccc([N+](=O)[O-])cc1)[C@H]32. The number of hydrogen-bond acceptors (Lipinski definition) is 15. The molecule has 18 heteroatoms. The first-order chi connectivity index (χ1) is 35.0. The second-order valence-corrected chi connectivity index (χ2v) is 18.7. The monoisotopic (exact) mass is 1010 g/mol. The summed E-state index contributed by atoms with van der Waals surface area (Å²) in [6, 6.07) is 24.5. The largest absolute Gasteiger partial charge is 0.459 e. The summed E-state index contributed by atoms with van der Waals surface area (Å²) in [5.74, 6) is -1.44. The van der Waals surface area contributed by atoms with E-state index in [9.17, 15) is 35.5 Å². The van der Waals surface area contributed by atoms with Crippen molar-refractivity contribution >= 4 is 40.8 Å². The van der Waals surface area contributed by atoms with E-state index in [-0.39, 0.29) is 88.3 Å². The summed E-state index contributed by atoms with van der Waals surface area (Å²) in [6.07, 6.45) is 12.9. The Morgan fingerprint density at radius 1 is 0.889 bits per heavy atom. The lowest BCUT2D eigenvalue weighted by Crippen LogP contribution is -2.70. The molecule has 0 aromatic heterocycles. The molecule has 382 valence electrons. The third-order valence-corrected chi connectivity index (χ3v) is 14.1. The first-order valence-electron chi connectivity index (χ1n) is 24.2. The van der Waals surface area contributed by atoms with Crippen LogP contribution >= 0.6 is 11.8 Å². The van der Waals surface area contributed by atoms with Gasteiger partial charge >= 0.3 is 0 Å². The average Bonchev–Trinajstić information content (AvgIpc) is 3.39. The molecule has 3 aliphatic rings. The Balaban J connectivity index is 1.42. The highest BCUT2D eigenvalue weighted by molar-refractivity contribution is 7.98. The molecule has 1 amide bonds. The third-order valence-electron chi connectivity index (χ3n) is 13.4. The van der Waals surface area contributed by atoms with Crippen LogP contribution in [-0.2, 0) is 25.7 Å². The minimum Gasteiger partial charge on any atom is -0.459 e. The fraction of sp³-hybridized carbons (Fsp3) is 0.407. The van der Waals surface area contributed by atoms with Crippen molar-refractivity contribution in [3.8, 4) is 17.2 Å². The second-order valence-electron chi connectivity index (χ2n) is 17.8. The number of carbonyl (C=O) groups is 1. The van der Waals surface area contributed by atoms with E-state index in [1.54, 1.807) is 53.1 Å². The van der Waals surface area contributed by atoms with Crippen LogP contribution in [0.25, 0.3) is 6.08 Å². The van der Waals surface area contributed by atoms with Gasteiger partial charge in [-0.3, -0.25) is 25.0 Å². The van der Waals surface area contributed by atoms with E-state index >= 15 is 4.79 Å². The number of nitro benzene ring substituents is 2. The molecule has 0 bridgehead atoms. The summed E-state index contributed by atoms with van der Waals surface area (Å²) in [4.78, 5) is 45.8. The van der Waals surface area contributed by atoms with Gasteiger partial charge in [-0.1, -0.05) is 30.1 Å². The summed E-state index contributed by atoms with van der Waals surface area (Å²) in [7, 11) is 0. The van der Waals surface area contributed by atoms with E-state index < -0.39 is 33.5 Å². The number of thioether (sulfide) groups is 1. The second kappa shape index (κ2) is 25.8. The Morgan fingerprint density at radius 2 is 1.57 bits per heavy atom. The van der Waals surface area contributed by atoms with Crippen molar-refractivity contribution in [1.82, 2.24) is 4.90 Å². The number of oxime groups is 1. The number of benzene rings is 4. The van der Waals surface area contributed by atoms with E-state index in [0.29, 0.717) is 59.8 Å². The normalized spacial score (nSPS) is 21.5. The van der Waals surface area contributed by atoms with Gasteiger partial charge in [-0.2, -0.15) is 0 Å². The predicted molar refractivity (Wildman–Crippen MR) is 273 cm³/mol. The number of allylic oxidation sites excluding steroid dienone is 1. The Hall–Kier alpha value is -6.41. The smallest absolute Gasteiger partial charge is 0.269 e. The number of nitro groups is 2. The Kier molecular flexibility index (Phi) is 19.1. The third kappa shape index (κ3) is 12.8. The summed E-state index contributed by atoms with van der Waals surface area (Å²) in [6.45, 7) is 3.89. The van der Waals surface area contributed by atoms with Gasteiger partial charge in [0.25, 0.3) is 11.4 Å². The highest BCUT2D eigenvalue weighted by Gasteiger charge is 2.65. The summed E-state index contributed by atoms with van der Waals surface area (Å²) in [5, 5.41) is 57.5. The van der Waals surface area contributed by atoms with Crippen molar-refractivity contribution in [2.45, 2.75) is 74.2 Å². The topological polar surface area (TPSA) is 226 Å². The minimum absolute atomic E-state index is 0.0166. The van der Waals surface area contributed by atoms with Gasteiger partial charge in [0.15, 0.2) is 0 Å². The number of hydrogen-bond donors (Lipinski definition) is 3. The molecule has 17 nitrogen and oxygen atoms in total. The van der Waals surface area contributed by atoms with Crippen molar-refractivity contribution in [1.29, 1.82) is 0 Å². The molecule has 4 aromatic carbocycles. The van der Waals surface area contributed by atoms with Gasteiger partial charge in [0.2, 0.25) is 11.7 Å². The van der Waals surface area contributed by atoms with Gasteiger partial charge in [0, 0.05) is 72.9 Å². The summed E-state index contributed by atoms with van der Waals surface area (Å²) in [5.41, 5.74) is 3.21. The number of aliphatic hydroxyl groups excluding tert-OH is 3. The lowest BCUT2D eigenvalue weighted by Gasteiger charge is -2.60. The molecule has 0 radical (unpaired) electrons. The molecule has 7 rings (SSSR count). The zero-order valence-corrected chi connectivity index (χ0v) is 41.1. The van der Waals surface area contributed by atoms with Gasteiger partial charge in [-0.25, -0.2) is 0 Å². The zero-order chi connectivity index (χ0) is 51.0. The van der Waals surface area contributed by atoms with E-state index in [1.807, 2.05) is 48.7 Å². The molecular formula is C54H62N4O13S. The molecule has 0 unspecified atom stereocenters. The van der Waals surface area contributed by atoms with Crippen LogP contribution in [0.5, 0.6) is 17.2 Å². The fourth-order valence-electron chi connectivity index (χ4n) is 10.1. The van der Waals surface area contributed by atoms with Crippen molar-refractivity contribution in [3.05, 3.63) is 158 Å². The maximum Gasteiger partial charge on any atom is 0.269 e. The number of ether oxygens (including phenoxy) is 4. The van der Waals surface area contributed by atoms with Crippen LogP contribution < -0.4 is 9.47 Å². The van der Waals surface area contributed by atoms with E-state index in [0.717, 1.165) is 28.9 Å².